The van der Waals surface area contributed by atoms with Crippen LogP contribution in [0.4, 0.5) is 4.79 Å². The number of imidazole rings is 1. The first-order valence-corrected chi connectivity index (χ1v) is 12.1. The second-order valence-corrected chi connectivity index (χ2v) is 10.7. The minimum Gasteiger partial charge on any atom is -0.496 e. The van der Waals surface area contributed by atoms with Gasteiger partial charge in [0, 0.05) is 37.0 Å². The molecule has 1 saturated heterocycles. The quantitative estimate of drug-likeness (QED) is 0.407. The van der Waals surface area contributed by atoms with Gasteiger partial charge in [0.1, 0.15) is 17.0 Å². The van der Waals surface area contributed by atoms with Gasteiger partial charge in [0.05, 0.1) is 22.8 Å². The molecule has 1 amide bonds. The van der Waals surface area contributed by atoms with Gasteiger partial charge < -0.3 is 18.8 Å². The van der Waals surface area contributed by atoms with Crippen molar-refractivity contribution in [3.63, 3.8) is 0 Å². The molecule has 2 unspecified atom stereocenters. The Morgan fingerprint density at radius 3 is 2.68 bits per heavy atom. The van der Waals surface area contributed by atoms with E-state index in [1.54, 1.807) is 13.2 Å². The maximum absolute atomic E-state index is 12.4. The maximum Gasteiger partial charge on any atom is 0.410 e. The van der Waals surface area contributed by atoms with Crippen molar-refractivity contribution >= 4 is 40.5 Å². The fourth-order valence-corrected chi connectivity index (χ4v) is 5.26. The second kappa shape index (κ2) is 8.51. The summed E-state index contributed by atoms with van der Waals surface area (Å²) in [5.41, 5.74) is 4.16. The van der Waals surface area contributed by atoms with E-state index in [0.29, 0.717) is 40.7 Å². The number of carbonyl (C=O) groups is 1. The highest BCUT2D eigenvalue weighted by molar-refractivity contribution is 6.44. The number of aromatic nitrogens is 2. The van der Waals surface area contributed by atoms with Crippen LogP contribution in [0.25, 0.3) is 22.3 Å². The molecule has 2 aromatic heterocycles. The number of pyridine rings is 1. The molecule has 2 aliphatic rings. The summed E-state index contributed by atoms with van der Waals surface area (Å²) in [6.45, 7) is 7.08. The van der Waals surface area contributed by atoms with Gasteiger partial charge in [-0.25, -0.2) is 9.78 Å². The number of fused-ring (bicyclic) bond motifs is 2. The molecule has 3 aromatic rings. The van der Waals surface area contributed by atoms with Gasteiger partial charge in [-0.1, -0.05) is 29.3 Å². The van der Waals surface area contributed by atoms with Crippen LogP contribution in [0.1, 0.15) is 32.9 Å². The monoisotopic (exact) mass is 499 g/mol. The molecule has 1 fully saturated rings. The Morgan fingerprint density at radius 2 is 1.97 bits per heavy atom. The lowest BCUT2D eigenvalue weighted by molar-refractivity contribution is 0.0285. The van der Waals surface area contributed by atoms with Crippen LogP contribution in [0.5, 0.6) is 5.75 Å². The average Bonchev–Trinajstić information content (AvgIpc) is 3.46. The predicted molar refractivity (Wildman–Crippen MR) is 135 cm³/mol. The van der Waals surface area contributed by atoms with Crippen molar-refractivity contribution in [2.45, 2.75) is 32.8 Å². The smallest absolute Gasteiger partial charge is 0.410 e. The molecule has 5 rings (SSSR count). The molecule has 1 aliphatic heterocycles. The van der Waals surface area contributed by atoms with Gasteiger partial charge >= 0.3 is 6.09 Å². The summed E-state index contributed by atoms with van der Waals surface area (Å²) in [7, 11) is 1.61. The Kier molecular flexibility index (Phi) is 5.77. The molecule has 3 heterocycles. The summed E-state index contributed by atoms with van der Waals surface area (Å²) >= 11 is 12.8. The highest BCUT2D eigenvalue weighted by atomic mass is 35.5. The molecule has 178 valence electrons. The van der Waals surface area contributed by atoms with Crippen molar-refractivity contribution in [2.24, 2.45) is 11.8 Å². The Bertz CT molecular complexity index is 1310. The number of ether oxygens (including phenoxy) is 2. The first kappa shape index (κ1) is 23.1. The highest BCUT2D eigenvalue weighted by Gasteiger charge is 2.40. The topological polar surface area (TPSA) is 56.1 Å². The summed E-state index contributed by atoms with van der Waals surface area (Å²) < 4.78 is 13.1. The van der Waals surface area contributed by atoms with E-state index in [0.717, 1.165) is 28.9 Å². The molecule has 8 heteroatoms. The fraction of sp³-hybridized carbons (Fsp3) is 0.385. The predicted octanol–water partition coefficient (Wildman–Crippen LogP) is 6.59. The molecule has 0 saturated carbocycles. The van der Waals surface area contributed by atoms with Crippen molar-refractivity contribution in [1.29, 1.82) is 0 Å². The van der Waals surface area contributed by atoms with Crippen LogP contribution in [0.15, 0.2) is 42.7 Å². The Morgan fingerprint density at radius 1 is 1.18 bits per heavy atom. The van der Waals surface area contributed by atoms with Crippen molar-refractivity contribution in [1.82, 2.24) is 14.3 Å². The van der Waals surface area contributed by atoms with Crippen LogP contribution in [0.3, 0.4) is 0 Å². The second-order valence-electron chi connectivity index (χ2n) is 9.95. The Hall–Kier alpha value is -2.70. The zero-order valence-corrected chi connectivity index (χ0v) is 21.2. The van der Waals surface area contributed by atoms with Crippen LogP contribution in [0.2, 0.25) is 10.0 Å². The third-order valence-electron chi connectivity index (χ3n) is 6.40. The number of carbonyl (C=O) groups excluding carboxylic acids is 1. The van der Waals surface area contributed by atoms with Crippen molar-refractivity contribution < 1.29 is 14.3 Å². The van der Waals surface area contributed by atoms with Gasteiger partial charge in [-0.3, -0.25) is 0 Å². The van der Waals surface area contributed by atoms with E-state index in [4.69, 9.17) is 37.7 Å². The average molecular weight is 500 g/mol. The lowest BCUT2D eigenvalue weighted by Crippen LogP contribution is -2.35. The van der Waals surface area contributed by atoms with E-state index >= 15 is 0 Å². The van der Waals surface area contributed by atoms with Crippen molar-refractivity contribution in [2.75, 3.05) is 20.2 Å². The summed E-state index contributed by atoms with van der Waals surface area (Å²) in [5.74, 6) is 1.39. The van der Waals surface area contributed by atoms with E-state index in [-0.39, 0.29) is 6.09 Å². The first-order chi connectivity index (χ1) is 16.1. The molecule has 0 bridgehead atoms. The molecule has 1 aliphatic carbocycles. The van der Waals surface area contributed by atoms with Gasteiger partial charge in [-0.2, -0.15) is 0 Å². The van der Waals surface area contributed by atoms with E-state index < -0.39 is 5.60 Å². The molecule has 0 N–H and O–H groups in total. The summed E-state index contributed by atoms with van der Waals surface area (Å²) in [6.07, 6.45) is 6.96. The number of hydrogen-bond donors (Lipinski definition) is 0. The lowest BCUT2D eigenvalue weighted by atomic mass is 9.99. The van der Waals surface area contributed by atoms with E-state index in [9.17, 15) is 4.79 Å². The van der Waals surface area contributed by atoms with Crippen molar-refractivity contribution in [3.05, 3.63) is 58.5 Å². The van der Waals surface area contributed by atoms with Gasteiger partial charge in [0.15, 0.2) is 0 Å². The number of hydrogen-bond acceptors (Lipinski definition) is 4. The van der Waals surface area contributed by atoms with Crippen LogP contribution in [-0.2, 0) is 4.74 Å². The molecule has 1 aromatic carbocycles. The Balaban J connectivity index is 1.39. The first-order valence-electron chi connectivity index (χ1n) is 11.3. The number of allylic oxidation sites excluding steroid dienone is 1. The van der Waals surface area contributed by atoms with Gasteiger partial charge in [0.2, 0.25) is 0 Å². The molecule has 0 spiro atoms. The molecule has 2 atom stereocenters. The zero-order chi connectivity index (χ0) is 24.2. The van der Waals surface area contributed by atoms with Crippen LogP contribution >= 0.6 is 23.2 Å². The summed E-state index contributed by atoms with van der Waals surface area (Å²) in [6, 6.07) is 7.51. The zero-order valence-electron chi connectivity index (χ0n) is 19.6. The van der Waals surface area contributed by atoms with E-state index in [1.807, 2.05) is 54.5 Å². The third-order valence-corrected chi connectivity index (χ3v) is 7.20. The number of methoxy groups -OCH3 is 1. The van der Waals surface area contributed by atoms with Crippen LogP contribution in [0, 0.1) is 11.8 Å². The van der Waals surface area contributed by atoms with Crippen LogP contribution < -0.4 is 4.74 Å². The Labute approximate surface area is 209 Å². The summed E-state index contributed by atoms with van der Waals surface area (Å²) in [5, 5.41) is 0.933. The number of likely N-dealkylation sites (tertiary alicyclic amines) is 1. The lowest BCUT2D eigenvalue weighted by Gasteiger charge is -2.24. The maximum atomic E-state index is 12.4. The van der Waals surface area contributed by atoms with E-state index in [1.165, 1.54) is 5.57 Å². The van der Waals surface area contributed by atoms with Gasteiger partial charge in [-0.05, 0) is 68.5 Å². The molecule has 34 heavy (non-hydrogen) atoms. The largest absolute Gasteiger partial charge is 0.496 e. The number of nitrogens with zero attached hydrogens (tertiary/aromatic N) is 3. The minimum absolute atomic E-state index is 0.229. The SMILES string of the molecule is COc1ccc(Cl)c(Cl)c1-c1ccn2cc(C3=CC4CN(C(=O)OC(C)(C)C)CC4C3)nc2c1. The highest BCUT2D eigenvalue weighted by Crippen LogP contribution is 2.43. The normalized spacial score (nSPS) is 19.9. The van der Waals surface area contributed by atoms with Crippen molar-refractivity contribution in [3.8, 4) is 16.9 Å². The van der Waals surface area contributed by atoms with Crippen LogP contribution in [-0.4, -0.2) is 46.2 Å². The van der Waals surface area contributed by atoms with Gasteiger partial charge in [0.25, 0.3) is 0 Å². The number of rotatable bonds is 3. The molecule has 6 nitrogen and oxygen atoms in total. The summed E-state index contributed by atoms with van der Waals surface area (Å²) in [4.78, 5) is 19.2. The standard InChI is InChI=1S/C26H27Cl2N3O3/c1-26(2,3)34-25(32)31-12-17-9-16(10-18(17)13-31)20-14-30-8-7-15(11-22(30)29-20)23-21(33-4)6-5-19(27)24(23)28/h5-9,11,14,17-18H,10,12-13H2,1-4H3. The fourth-order valence-electron chi connectivity index (χ4n) is 4.84. The molecule has 0 radical (unpaired) electrons. The number of halogens is 2. The third kappa shape index (κ3) is 4.25. The van der Waals surface area contributed by atoms with Gasteiger partial charge in [-0.15, -0.1) is 0 Å². The molecular weight excluding hydrogens is 473 g/mol. The number of benzene rings is 1. The number of amides is 1. The van der Waals surface area contributed by atoms with E-state index in [2.05, 4.69) is 12.3 Å². The minimum atomic E-state index is -0.482. The molecular formula is C26H27Cl2N3O3.